The maximum Gasteiger partial charge on any atom is 0.312 e. The molecular weight excluding hydrogens is 290 g/mol. The van der Waals surface area contributed by atoms with Crippen LogP contribution < -0.4 is 11.1 Å². The molecule has 0 radical (unpaired) electrons. The van der Waals surface area contributed by atoms with Crippen LogP contribution in [0.3, 0.4) is 0 Å². The Morgan fingerprint density at radius 3 is 2.71 bits per heavy atom. The Morgan fingerprint density at radius 1 is 1.38 bits per heavy atom. The number of nitrogens with zero attached hydrogens (tertiary/aromatic N) is 3. The third kappa shape index (κ3) is 4.19. The van der Waals surface area contributed by atoms with Crippen molar-refractivity contribution in [3.05, 3.63) is 35.1 Å². The predicted octanol–water partition coefficient (Wildman–Crippen LogP) is 2.57. The highest BCUT2D eigenvalue weighted by Gasteiger charge is 2.11. The second-order valence-electron chi connectivity index (χ2n) is 4.65. The standard InChI is InChI=1S/C14H18ClN5O/c1-2-3-8-20-12(9-17-14(16)21)18-13(19-20)10-4-6-11(15)7-5-10/h4-7H,2-3,8-9H2,1H3,(H3,16,17,21). The Kier molecular flexibility index (Phi) is 5.16. The van der Waals surface area contributed by atoms with Crippen LogP contribution in [-0.2, 0) is 13.1 Å². The van der Waals surface area contributed by atoms with Crippen LogP contribution in [0.4, 0.5) is 4.79 Å². The van der Waals surface area contributed by atoms with Gasteiger partial charge in [0, 0.05) is 17.1 Å². The number of primary amides is 1. The first-order valence-electron chi connectivity index (χ1n) is 6.83. The Bertz CT molecular complexity index is 608. The Hall–Kier alpha value is -2.08. The van der Waals surface area contributed by atoms with E-state index in [4.69, 9.17) is 17.3 Å². The van der Waals surface area contributed by atoms with Crippen molar-refractivity contribution < 1.29 is 4.79 Å². The molecule has 3 N–H and O–H groups in total. The number of nitrogens with one attached hydrogen (secondary N) is 1. The van der Waals surface area contributed by atoms with Gasteiger partial charge in [0.25, 0.3) is 0 Å². The van der Waals surface area contributed by atoms with Gasteiger partial charge in [-0.15, -0.1) is 0 Å². The van der Waals surface area contributed by atoms with E-state index in [1.807, 2.05) is 16.8 Å². The minimum absolute atomic E-state index is 0.264. The van der Waals surface area contributed by atoms with Crippen molar-refractivity contribution in [3.8, 4) is 11.4 Å². The van der Waals surface area contributed by atoms with Crippen LogP contribution in [-0.4, -0.2) is 20.8 Å². The van der Waals surface area contributed by atoms with Crippen LogP contribution in [0.15, 0.2) is 24.3 Å². The van der Waals surface area contributed by atoms with Gasteiger partial charge in [-0.05, 0) is 30.7 Å². The molecule has 0 aliphatic rings. The highest BCUT2D eigenvalue weighted by atomic mass is 35.5. The minimum Gasteiger partial charge on any atom is -0.352 e. The van der Waals surface area contributed by atoms with Gasteiger partial charge in [-0.2, -0.15) is 5.10 Å². The molecule has 2 amide bonds. The highest BCUT2D eigenvalue weighted by Crippen LogP contribution is 2.19. The van der Waals surface area contributed by atoms with Crippen molar-refractivity contribution in [2.24, 2.45) is 5.73 Å². The third-order valence-corrected chi connectivity index (χ3v) is 3.25. The van der Waals surface area contributed by atoms with E-state index in [0.717, 1.165) is 24.9 Å². The summed E-state index contributed by atoms with van der Waals surface area (Å²) in [5, 5.41) is 7.71. The van der Waals surface area contributed by atoms with Gasteiger partial charge in [-0.3, -0.25) is 0 Å². The van der Waals surface area contributed by atoms with Crippen molar-refractivity contribution >= 4 is 17.6 Å². The first-order chi connectivity index (χ1) is 10.1. The summed E-state index contributed by atoms with van der Waals surface area (Å²) in [5.74, 6) is 1.30. The summed E-state index contributed by atoms with van der Waals surface area (Å²) in [7, 11) is 0. The number of carbonyl (C=O) groups excluding carboxylic acids is 1. The number of unbranched alkanes of at least 4 members (excludes halogenated alkanes) is 1. The van der Waals surface area contributed by atoms with Crippen LogP contribution >= 0.6 is 11.6 Å². The number of hydrogen-bond acceptors (Lipinski definition) is 3. The first-order valence-corrected chi connectivity index (χ1v) is 7.21. The van der Waals surface area contributed by atoms with Crippen molar-refractivity contribution in [1.82, 2.24) is 20.1 Å². The van der Waals surface area contributed by atoms with Gasteiger partial charge >= 0.3 is 6.03 Å². The second kappa shape index (κ2) is 7.08. The van der Waals surface area contributed by atoms with Gasteiger partial charge in [0.15, 0.2) is 5.82 Å². The summed E-state index contributed by atoms with van der Waals surface area (Å²) < 4.78 is 1.81. The predicted molar refractivity (Wildman–Crippen MR) is 81.8 cm³/mol. The summed E-state index contributed by atoms with van der Waals surface area (Å²) in [4.78, 5) is 15.3. The summed E-state index contributed by atoms with van der Waals surface area (Å²) in [6.45, 7) is 3.13. The van der Waals surface area contributed by atoms with E-state index < -0.39 is 6.03 Å². The quantitative estimate of drug-likeness (QED) is 0.860. The van der Waals surface area contributed by atoms with Gasteiger partial charge in [0.05, 0.1) is 6.54 Å². The van der Waals surface area contributed by atoms with E-state index in [9.17, 15) is 4.79 Å². The molecule has 1 aromatic heterocycles. The zero-order chi connectivity index (χ0) is 15.2. The summed E-state index contributed by atoms with van der Waals surface area (Å²) in [5.41, 5.74) is 5.99. The number of rotatable bonds is 6. The molecule has 0 bridgehead atoms. The van der Waals surface area contributed by atoms with Gasteiger partial charge in [0.1, 0.15) is 5.82 Å². The number of nitrogens with two attached hydrogens (primary N) is 1. The fourth-order valence-corrected chi connectivity index (χ4v) is 2.01. The molecule has 2 aromatic rings. The van der Waals surface area contributed by atoms with Gasteiger partial charge in [-0.25, -0.2) is 14.5 Å². The van der Waals surface area contributed by atoms with Crippen molar-refractivity contribution in [1.29, 1.82) is 0 Å². The van der Waals surface area contributed by atoms with E-state index in [2.05, 4.69) is 22.3 Å². The number of aromatic nitrogens is 3. The SMILES string of the molecule is CCCCn1nc(-c2ccc(Cl)cc2)nc1CNC(N)=O. The molecule has 0 aliphatic carbocycles. The van der Waals surface area contributed by atoms with Crippen LogP contribution in [0.5, 0.6) is 0 Å². The van der Waals surface area contributed by atoms with Crippen LogP contribution in [0.25, 0.3) is 11.4 Å². The molecule has 0 spiro atoms. The number of amides is 2. The lowest BCUT2D eigenvalue weighted by Gasteiger charge is -2.04. The zero-order valence-electron chi connectivity index (χ0n) is 11.8. The average molecular weight is 308 g/mol. The topological polar surface area (TPSA) is 85.8 Å². The van der Waals surface area contributed by atoms with Crippen LogP contribution in [0, 0.1) is 0 Å². The van der Waals surface area contributed by atoms with Crippen LogP contribution in [0.2, 0.25) is 5.02 Å². The fraction of sp³-hybridized carbons (Fsp3) is 0.357. The Labute approximate surface area is 128 Å². The lowest BCUT2D eigenvalue weighted by Crippen LogP contribution is -2.30. The molecule has 0 aliphatic heterocycles. The number of carbonyl (C=O) groups is 1. The molecule has 1 aromatic carbocycles. The van der Waals surface area contributed by atoms with E-state index >= 15 is 0 Å². The Balaban J connectivity index is 2.25. The average Bonchev–Trinajstić information content (AvgIpc) is 2.87. The van der Waals surface area contributed by atoms with Gasteiger partial charge < -0.3 is 11.1 Å². The van der Waals surface area contributed by atoms with Crippen LogP contribution in [0.1, 0.15) is 25.6 Å². The highest BCUT2D eigenvalue weighted by molar-refractivity contribution is 6.30. The van der Waals surface area contributed by atoms with E-state index in [0.29, 0.717) is 16.7 Å². The molecule has 0 fully saturated rings. The maximum atomic E-state index is 10.9. The number of aryl methyl sites for hydroxylation is 1. The first kappa shape index (κ1) is 15.3. The number of benzene rings is 1. The molecule has 112 valence electrons. The fourth-order valence-electron chi connectivity index (χ4n) is 1.88. The largest absolute Gasteiger partial charge is 0.352 e. The van der Waals surface area contributed by atoms with E-state index in [1.165, 1.54) is 0 Å². The van der Waals surface area contributed by atoms with E-state index in [-0.39, 0.29) is 6.54 Å². The summed E-state index contributed by atoms with van der Waals surface area (Å²) in [6, 6.07) is 6.75. The second-order valence-corrected chi connectivity index (χ2v) is 5.09. The van der Waals surface area contributed by atoms with Gasteiger partial charge in [0.2, 0.25) is 0 Å². The molecule has 0 unspecified atom stereocenters. The molecule has 7 heteroatoms. The maximum absolute atomic E-state index is 10.9. The number of hydrogen-bond donors (Lipinski definition) is 2. The molecule has 0 saturated heterocycles. The van der Waals surface area contributed by atoms with Crippen molar-refractivity contribution in [3.63, 3.8) is 0 Å². The lowest BCUT2D eigenvalue weighted by molar-refractivity contribution is 0.248. The normalized spacial score (nSPS) is 10.6. The summed E-state index contributed by atoms with van der Waals surface area (Å²) >= 11 is 5.88. The third-order valence-electron chi connectivity index (χ3n) is 2.99. The lowest BCUT2D eigenvalue weighted by atomic mass is 10.2. The molecule has 21 heavy (non-hydrogen) atoms. The number of urea groups is 1. The molecule has 0 atom stereocenters. The molecule has 1 heterocycles. The molecule has 6 nitrogen and oxygen atoms in total. The van der Waals surface area contributed by atoms with Crippen molar-refractivity contribution in [2.75, 3.05) is 0 Å². The minimum atomic E-state index is -0.576. The molecule has 2 rings (SSSR count). The molecular formula is C14H18ClN5O. The summed E-state index contributed by atoms with van der Waals surface area (Å²) in [6.07, 6.45) is 2.05. The van der Waals surface area contributed by atoms with Gasteiger partial charge in [-0.1, -0.05) is 24.9 Å². The zero-order valence-corrected chi connectivity index (χ0v) is 12.6. The number of halogens is 1. The monoisotopic (exact) mass is 307 g/mol. The van der Waals surface area contributed by atoms with Crippen molar-refractivity contribution in [2.45, 2.75) is 32.9 Å². The Morgan fingerprint density at radius 2 is 2.10 bits per heavy atom. The smallest absolute Gasteiger partial charge is 0.312 e. The van der Waals surface area contributed by atoms with E-state index in [1.54, 1.807) is 12.1 Å². The molecule has 0 saturated carbocycles.